The SMILES string of the molecule is COCCC(C(=O)Cc1ccc(C(N)=O)c(F)c1)n1cc(OC)c(-c2cc(Cl)ccc2-c2nnco2)cc1=O. The Kier molecular flexibility index (Phi) is 8.52. The maximum Gasteiger partial charge on any atom is 0.252 e. The van der Waals surface area contributed by atoms with Crippen LogP contribution in [0, 0.1) is 5.82 Å². The largest absolute Gasteiger partial charge is 0.495 e. The van der Waals surface area contributed by atoms with E-state index >= 15 is 0 Å². The topological polar surface area (TPSA) is 140 Å². The summed E-state index contributed by atoms with van der Waals surface area (Å²) in [4.78, 5) is 38.1. The third-order valence-corrected chi connectivity index (χ3v) is 6.34. The second kappa shape index (κ2) is 12.0. The Labute approximate surface area is 227 Å². The predicted octanol–water partition coefficient (Wildman–Crippen LogP) is 3.85. The van der Waals surface area contributed by atoms with E-state index in [1.165, 1.54) is 49.6 Å². The van der Waals surface area contributed by atoms with Gasteiger partial charge in [0.1, 0.15) is 11.6 Å². The molecule has 202 valence electrons. The molecule has 10 nitrogen and oxygen atoms in total. The summed E-state index contributed by atoms with van der Waals surface area (Å²) >= 11 is 6.26. The molecule has 1 amide bonds. The number of amides is 1. The minimum Gasteiger partial charge on any atom is -0.495 e. The number of ether oxygens (including phenoxy) is 2. The molecule has 2 aromatic carbocycles. The number of primary amides is 1. The highest BCUT2D eigenvalue weighted by atomic mass is 35.5. The number of halogens is 2. The Morgan fingerprint density at radius 2 is 1.92 bits per heavy atom. The normalized spacial score (nSPS) is 11.8. The maximum absolute atomic E-state index is 14.3. The number of nitrogens with zero attached hydrogens (tertiary/aromatic N) is 3. The van der Waals surface area contributed by atoms with E-state index in [-0.39, 0.29) is 42.4 Å². The number of rotatable bonds is 11. The number of methoxy groups -OCH3 is 2. The van der Waals surface area contributed by atoms with Gasteiger partial charge in [-0.2, -0.15) is 0 Å². The Morgan fingerprint density at radius 1 is 1.13 bits per heavy atom. The van der Waals surface area contributed by atoms with Gasteiger partial charge in [-0.15, -0.1) is 10.2 Å². The van der Waals surface area contributed by atoms with Crippen molar-refractivity contribution in [3.63, 3.8) is 0 Å². The predicted molar refractivity (Wildman–Crippen MR) is 140 cm³/mol. The molecule has 4 rings (SSSR count). The smallest absolute Gasteiger partial charge is 0.252 e. The van der Waals surface area contributed by atoms with Gasteiger partial charge in [0.15, 0.2) is 5.78 Å². The zero-order valence-electron chi connectivity index (χ0n) is 21.0. The maximum atomic E-state index is 14.3. The van der Waals surface area contributed by atoms with Crippen LogP contribution in [0.5, 0.6) is 5.75 Å². The fourth-order valence-electron chi connectivity index (χ4n) is 4.23. The van der Waals surface area contributed by atoms with Gasteiger partial charge in [0.25, 0.3) is 11.5 Å². The first-order chi connectivity index (χ1) is 18.7. The fraction of sp³-hybridized carbons (Fsp3) is 0.222. The lowest BCUT2D eigenvalue weighted by Crippen LogP contribution is -2.31. The van der Waals surface area contributed by atoms with Crippen molar-refractivity contribution in [3.05, 3.63) is 87.4 Å². The van der Waals surface area contributed by atoms with Gasteiger partial charge < -0.3 is 24.2 Å². The van der Waals surface area contributed by atoms with E-state index in [1.54, 1.807) is 18.2 Å². The first-order valence-corrected chi connectivity index (χ1v) is 12.1. The van der Waals surface area contributed by atoms with Gasteiger partial charge >= 0.3 is 0 Å². The summed E-state index contributed by atoms with van der Waals surface area (Å²) in [5, 5.41) is 8.07. The summed E-state index contributed by atoms with van der Waals surface area (Å²) in [6, 6.07) is 9.10. The molecular formula is C27H24ClFN4O6. The van der Waals surface area contributed by atoms with Crippen LogP contribution in [0.25, 0.3) is 22.6 Å². The third-order valence-electron chi connectivity index (χ3n) is 6.11. The molecule has 0 aliphatic carbocycles. The Bertz CT molecular complexity index is 1570. The van der Waals surface area contributed by atoms with Crippen LogP contribution < -0.4 is 16.0 Å². The summed E-state index contributed by atoms with van der Waals surface area (Å²) in [5.74, 6) is -1.61. The number of carbonyl (C=O) groups is 2. The van der Waals surface area contributed by atoms with Crippen LogP contribution in [0.15, 0.2) is 64.3 Å². The number of ketones is 1. The Hall–Kier alpha value is -4.35. The van der Waals surface area contributed by atoms with Crippen LogP contribution in [0.2, 0.25) is 5.02 Å². The van der Waals surface area contributed by atoms with Gasteiger partial charge in [0.2, 0.25) is 12.3 Å². The molecule has 0 saturated heterocycles. The lowest BCUT2D eigenvalue weighted by molar-refractivity contribution is -0.122. The monoisotopic (exact) mass is 554 g/mol. The second-order valence-electron chi connectivity index (χ2n) is 8.55. The van der Waals surface area contributed by atoms with Gasteiger partial charge in [-0.25, -0.2) is 4.39 Å². The quantitative estimate of drug-likeness (QED) is 0.295. The second-order valence-corrected chi connectivity index (χ2v) is 8.99. The van der Waals surface area contributed by atoms with Gasteiger partial charge in [0.05, 0.1) is 24.9 Å². The summed E-state index contributed by atoms with van der Waals surface area (Å²) in [5.41, 5.74) is 6.15. The van der Waals surface area contributed by atoms with Gasteiger partial charge in [-0.3, -0.25) is 14.4 Å². The minimum absolute atomic E-state index is 0.171. The number of Topliss-reactive ketones (excluding diaryl/α,β-unsaturated/α-hetero) is 1. The van der Waals surface area contributed by atoms with Crippen LogP contribution in [-0.2, 0) is 16.0 Å². The summed E-state index contributed by atoms with van der Waals surface area (Å²) in [7, 11) is 2.91. The first-order valence-electron chi connectivity index (χ1n) is 11.7. The zero-order chi connectivity index (χ0) is 28.1. The van der Waals surface area contributed by atoms with Crippen LogP contribution in [0.1, 0.15) is 28.4 Å². The van der Waals surface area contributed by atoms with E-state index < -0.39 is 23.3 Å². The molecule has 0 aliphatic heterocycles. The molecule has 0 aliphatic rings. The van der Waals surface area contributed by atoms with Gasteiger partial charge in [-0.05, 0) is 47.9 Å². The van der Waals surface area contributed by atoms with Gasteiger partial charge in [0, 0.05) is 42.4 Å². The first kappa shape index (κ1) is 27.7. The van der Waals surface area contributed by atoms with Crippen LogP contribution in [0.4, 0.5) is 4.39 Å². The Balaban J connectivity index is 1.75. The van der Waals surface area contributed by atoms with Crippen molar-refractivity contribution in [2.45, 2.75) is 18.9 Å². The summed E-state index contributed by atoms with van der Waals surface area (Å²) in [6.45, 7) is 0.178. The standard InChI is InChI=1S/C27H24ClFN4O6/c1-37-8-7-22(23(34)10-15-3-5-18(26(30)36)21(29)9-15)33-13-24(38-2)20(12-25(33)35)19-11-16(28)4-6-17(19)27-32-31-14-39-27/h3-6,9,11-14,22H,7-8,10H2,1-2H3,(H2,30,36). The van der Waals surface area contributed by atoms with Crippen molar-refractivity contribution in [2.75, 3.05) is 20.8 Å². The number of aromatic nitrogens is 3. The molecule has 2 N–H and O–H groups in total. The molecule has 2 heterocycles. The molecule has 2 aromatic heterocycles. The number of nitrogens with two attached hydrogens (primary N) is 1. The fourth-order valence-corrected chi connectivity index (χ4v) is 4.41. The molecule has 0 spiro atoms. The van der Waals surface area contributed by atoms with Crippen molar-refractivity contribution in [2.24, 2.45) is 5.73 Å². The number of hydrogen-bond acceptors (Lipinski definition) is 8. The van der Waals surface area contributed by atoms with Crippen LogP contribution in [-0.4, -0.2) is 47.3 Å². The lowest BCUT2D eigenvalue weighted by Gasteiger charge is -2.21. The van der Waals surface area contributed by atoms with Gasteiger partial charge in [-0.1, -0.05) is 17.7 Å². The van der Waals surface area contributed by atoms with Crippen molar-refractivity contribution >= 4 is 23.3 Å². The molecule has 0 fully saturated rings. The molecular weight excluding hydrogens is 531 g/mol. The van der Waals surface area contributed by atoms with Crippen molar-refractivity contribution in [3.8, 4) is 28.3 Å². The highest BCUT2D eigenvalue weighted by molar-refractivity contribution is 6.31. The summed E-state index contributed by atoms with van der Waals surface area (Å²) in [6.07, 6.45) is 2.59. The van der Waals surface area contributed by atoms with E-state index in [4.69, 9.17) is 31.2 Å². The van der Waals surface area contributed by atoms with E-state index in [2.05, 4.69) is 10.2 Å². The molecule has 1 atom stereocenters. The van der Waals surface area contributed by atoms with E-state index in [0.29, 0.717) is 27.3 Å². The highest BCUT2D eigenvalue weighted by Gasteiger charge is 2.25. The van der Waals surface area contributed by atoms with Crippen molar-refractivity contribution < 1.29 is 27.9 Å². The average molecular weight is 555 g/mol. The number of pyridine rings is 1. The van der Waals surface area contributed by atoms with Crippen molar-refractivity contribution in [1.29, 1.82) is 0 Å². The molecule has 0 bridgehead atoms. The molecule has 39 heavy (non-hydrogen) atoms. The third kappa shape index (κ3) is 6.05. The molecule has 1 unspecified atom stereocenters. The average Bonchev–Trinajstić information content (AvgIpc) is 3.44. The van der Waals surface area contributed by atoms with Crippen LogP contribution in [0.3, 0.4) is 0 Å². The number of carbonyl (C=O) groups excluding carboxylic acids is 2. The highest BCUT2D eigenvalue weighted by Crippen LogP contribution is 2.38. The summed E-state index contributed by atoms with van der Waals surface area (Å²) < 4.78 is 31.7. The molecule has 4 aromatic rings. The Morgan fingerprint density at radius 3 is 2.56 bits per heavy atom. The molecule has 12 heteroatoms. The number of benzene rings is 2. The lowest BCUT2D eigenvalue weighted by atomic mass is 9.98. The van der Waals surface area contributed by atoms with E-state index in [0.717, 1.165) is 6.07 Å². The van der Waals surface area contributed by atoms with Crippen molar-refractivity contribution in [1.82, 2.24) is 14.8 Å². The molecule has 0 saturated carbocycles. The van der Waals surface area contributed by atoms with E-state index in [1.807, 2.05) is 0 Å². The minimum atomic E-state index is -0.950. The molecule has 0 radical (unpaired) electrons. The number of hydrogen-bond donors (Lipinski definition) is 1. The van der Waals surface area contributed by atoms with E-state index in [9.17, 15) is 18.8 Å². The van der Waals surface area contributed by atoms with Crippen LogP contribution >= 0.6 is 11.6 Å². The zero-order valence-corrected chi connectivity index (χ0v) is 21.8.